The van der Waals surface area contributed by atoms with Gasteiger partial charge in [0.1, 0.15) is 0 Å². The molecule has 2 nitrogen and oxygen atoms in total. The summed E-state index contributed by atoms with van der Waals surface area (Å²) in [5.74, 6) is 1.26. The second kappa shape index (κ2) is 4.11. The Bertz CT molecular complexity index is 372. The van der Waals surface area contributed by atoms with E-state index in [1.807, 2.05) is 13.8 Å². The summed E-state index contributed by atoms with van der Waals surface area (Å²) in [4.78, 5) is 5.83. The number of aliphatic hydroxyl groups is 1. The molecule has 1 N–H and O–H groups in total. The summed E-state index contributed by atoms with van der Waals surface area (Å²) in [6.45, 7) is 8.15. The van der Waals surface area contributed by atoms with Crippen LogP contribution in [0.1, 0.15) is 62.0 Å². The molecule has 0 aliphatic heterocycles. The van der Waals surface area contributed by atoms with Crippen LogP contribution in [-0.4, -0.2) is 10.1 Å². The summed E-state index contributed by atoms with van der Waals surface area (Å²) < 4.78 is 0. The lowest BCUT2D eigenvalue weighted by Crippen LogP contribution is -2.15. The molecule has 1 aliphatic carbocycles. The van der Waals surface area contributed by atoms with Crippen molar-refractivity contribution in [3.8, 4) is 0 Å². The van der Waals surface area contributed by atoms with E-state index in [-0.39, 0.29) is 0 Å². The van der Waals surface area contributed by atoms with Crippen LogP contribution in [0, 0.1) is 5.92 Å². The average molecular weight is 239 g/mol. The van der Waals surface area contributed by atoms with Crippen LogP contribution in [0.5, 0.6) is 0 Å². The fraction of sp³-hybridized carbons (Fsp3) is 0.769. The zero-order valence-electron chi connectivity index (χ0n) is 10.6. The Kier molecular flexibility index (Phi) is 3.10. The van der Waals surface area contributed by atoms with Crippen LogP contribution < -0.4 is 0 Å². The van der Waals surface area contributed by atoms with Gasteiger partial charge in [0.05, 0.1) is 21.2 Å². The molecular weight excluding hydrogens is 218 g/mol. The Labute approximate surface area is 102 Å². The lowest BCUT2D eigenvalue weighted by molar-refractivity contribution is 0.0813. The highest BCUT2D eigenvalue weighted by Gasteiger charge is 2.34. The lowest BCUT2D eigenvalue weighted by Gasteiger charge is -2.16. The second-order valence-electron chi connectivity index (χ2n) is 5.75. The van der Waals surface area contributed by atoms with E-state index in [1.165, 1.54) is 23.5 Å². The third-order valence-electron chi connectivity index (χ3n) is 2.80. The molecule has 1 saturated carbocycles. The molecule has 0 radical (unpaired) electrons. The van der Waals surface area contributed by atoms with E-state index in [0.717, 1.165) is 11.3 Å². The minimum absolute atomic E-state index is 0.624. The van der Waals surface area contributed by atoms with Crippen LogP contribution >= 0.6 is 11.3 Å². The van der Waals surface area contributed by atoms with E-state index in [0.29, 0.717) is 11.8 Å². The molecular formula is C13H21NOS. The third kappa shape index (κ3) is 2.64. The first-order valence-corrected chi connectivity index (χ1v) is 6.92. The van der Waals surface area contributed by atoms with Gasteiger partial charge in [0.2, 0.25) is 0 Å². The normalized spacial score (nSPS) is 17.1. The van der Waals surface area contributed by atoms with Gasteiger partial charge in [-0.3, -0.25) is 0 Å². The topological polar surface area (TPSA) is 33.1 Å². The van der Waals surface area contributed by atoms with Crippen LogP contribution in [0.15, 0.2) is 0 Å². The number of aromatic nitrogens is 1. The highest BCUT2D eigenvalue weighted by molar-refractivity contribution is 7.11. The van der Waals surface area contributed by atoms with Crippen molar-refractivity contribution in [1.29, 1.82) is 0 Å². The van der Waals surface area contributed by atoms with Crippen molar-refractivity contribution in [1.82, 2.24) is 4.98 Å². The highest BCUT2D eigenvalue weighted by atomic mass is 32.1. The summed E-state index contributed by atoms with van der Waals surface area (Å²) in [5, 5.41) is 11.4. The molecule has 16 heavy (non-hydrogen) atoms. The van der Waals surface area contributed by atoms with Gasteiger partial charge in [0, 0.05) is 12.3 Å². The van der Waals surface area contributed by atoms with E-state index in [2.05, 4.69) is 13.8 Å². The van der Waals surface area contributed by atoms with Gasteiger partial charge in [0.15, 0.2) is 0 Å². The van der Waals surface area contributed by atoms with Crippen molar-refractivity contribution in [2.24, 2.45) is 5.92 Å². The summed E-state index contributed by atoms with van der Waals surface area (Å²) in [6, 6.07) is 0. The molecule has 3 heteroatoms. The maximum Gasteiger partial charge on any atom is 0.0951 e. The zero-order chi connectivity index (χ0) is 11.9. The highest BCUT2D eigenvalue weighted by Crippen LogP contribution is 2.45. The lowest BCUT2D eigenvalue weighted by atomic mass is 10.0. The molecule has 1 aromatic heterocycles. The first kappa shape index (κ1) is 12.1. The summed E-state index contributed by atoms with van der Waals surface area (Å²) in [6.07, 6.45) is 3.52. The quantitative estimate of drug-likeness (QED) is 0.873. The van der Waals surface area contributed by atoms with Crippen LogP contribution in [0.2, 0.25) is 0 Å². The summed E-state index contributed by atoms with van der Waals surface area (Å²) >= 11 is 1.70. The minimum Gasteiger partial charge on any atom is -0.385 e. The average Bonchev–Trinajstić information content (AvgIpc) is 2.86. The number of nitrogens with zero attached hydrogens (tertiary/aromatic N) is 1. The van der Waals surface area contributed by atoms with E-state index in [4.69, 9.17) is 4.98 Å². The SMILES string of the molecule is CC(C)Cc1nc(C2CC2)c(C(C)(C)O)s1. The molecule has 1 aromatic rings. The van der Waals surface area contributed by atoms with Crippen molar-refractivity contribution in [2.75, 3.05) is 0 Å². The van der Waals surface area contributed by atoms with Gasteiger partial charge in [-0.2, -0.15) is 0 Å². The standard InChI is InChI=1S/C13H21NOS/c1-8(2)7-10-14-11(9-5-6-9)12(16-10)13(3,4)15/h8-9,15H,5-7H2,1-4H3. The van der Waals surface area contributed by atoms with Gasteiger partial charge < -0.3 is 5.11 Å². The van der Waals surface area contributed by atoms with E-state index in [1.54, 1.807) is 11.3 Å². The fourth-order valence-electron chi connectivity index (χ4n) is 1.89. The van der Waals surface area contributed by atoms with Gasteiger partial charge in [-0.25, -0.2) is 4.98 Å². The van der Waals surface area contributed by atoms with Gasteiger partial charge >= 0.3 is 0 Å². The van der Waals surface area contributed by atoms with Crippen LogP contribution in [-0.2, 0) is 12.0 Å². The van der Waals surface area contributed by atoms with Crippen LogP contribution in [0.4, 0.5) is 0 Å². The minimum atomic E-state index is -0.731. The molecule has 90 valence electrons. The molecule has 0 saturated heterocycles. The van der Waals surface area contributed by atoms with Gasteiger partial charge in [-0.15, -0.1) is 11.3 Å². The molecule has 1 fully saturated rings. The van der Waals surface area contributed by atoms with Gasteiger partial charge in [-0.05, 0) is 32.6 Å². The summed E-state index contributed by atoms with van der Waals surface area (Å²) in [5.41, 5.74) is 0.443. The molecule has 0 spiro atoms. The summed E-state index contributed by atoms with van der Waals surface area (Å²) in [7, 11) is 0. The predicted octanol–water partition coefficient (Wildman–Crippen LogP) is 3.45. The molecule has 0 unspecified atom stereocenters. The fourth-order valence-corrected chi connectivity index (χ4v) is 3.25. The molecule has 2 rings (SSSR count). The van der Waals surface area contributed by atoms with E-state index < -0.39 is 5.60 Å². The number of rotatable bonds is 4. The largest absolute Gasteiger partial charge is 0.385 e. The van der Waals surface area contributed by atoms with E-state index >= 15 is 0 Å². The first-order chi connectivity index (χ1) is 7.38. The second-order valence-corrected chi connectivity index (χ2v) is 6.84. The maximum absolute atomic E-state index is 10.2. The van der Waals surface area contributed by atoms with Gasteiger partial charge in [0.25, 0.3) is 0 Å². The number of hydrogen-bond donors (Lipinski definition) is 1. The van der Waals surface area contributed by atoms with E-state index in [9.17, 15) is 5.11 Å². The third-order valence-corrected chi connectivity index (χ3v) is 4.21. The van der Waals surface area contributed by atoms with Crippen LogP contribution in [0.25, 0.3) is 0 Å². The monoisotopic (exact) mass is 239 g/mol. The van der Waals surface area contributed by atoms with Gasteiger partial charge in [-0.1, -0.05) is 13.8 Å². The predicted molar refractivity (Wildman–Crippen MR) is 67.9 cm³/mol. The Morgan fingerprint density at radius 3 is 2.50 bits per heavy atom. The molecule has 0 amide bonds. The number of hydrogen-bond acceptors (Lipinski definition) is 3. The molecule has 1 aliphatic rings. The number of thiazole rings is 1. The zero-order valence-corrected chi connectivity index (χ0v) is 11.4. The smallest absolute Gasteiger partial charge is 0.0951 e. The first-order valence-electron chi connectivity index (χ1n) is 6.10. The van der Waals surface area contributed by atoms with Crippen LogP contribution in [0.3, 0.4) is 0 Å². The Hall–Kier alpha value is -0.410. The Balaban J connectivity index is 2.30. The van der Waals surface area contributed by atoms with Crippen molar-refractivity contribution < 1.29 is 5.11 Å². The Morgan fingerprint density at radius 2 is 2.06 bits per heavy atom. The molecule has 1 heterocycles. The molecule has 0 aromatic carbocycles. The van der Waals surface area contributed by atoms with Crippen molar-refractivity contribution in [2.45, 2.75) is 58.5 Å². The molecule has 0 atom stereocenters. The molecule has 0 bridgehead atoms. The van der Waals surface area contributed by atoms with Crippen molar-refractivity contribution in [3.05, 3.63) is 15.6 Å². The van der Waals surface area contributed by atoms with Crippen molar-refractivity contribution in [3.63, 3.8) is 0 Å². The Morgan fingerprint density at radius 1 is 1.44 bits per heavy atom. The van der Waals surface area contributed by atoms with Crippen molar-refractivity contribution >= 4 is 11.3 Å². The maximum atomic E-state index is 10.2.